The molecule has 0 bridgehead atoms. The average Bonchev–Trinajstić information content (AvgIpc) is 2.21. The molecule has 0 atom stereocenters. The highest BCUT2D eigenvalue weighted by atomic mass is 35.5. The lowest BCUT2D eigenvalue weighted by atomic mass is 10.2. The van der Waals surface area contributed by atoms with Gasteiger partial charge in [0.25, 0.3) is 0 Å². The Kier molecular flexibility index (Phi) is 4.90. The highest BCUT2D eigenvalue weighted by Gasteiger charge is 2.08. The van der Waals surface area contributed by atoms with Gasteiger partial charge in [-0.2, -0.15) is 0 Å². The van der Waals surface area contributed by atoms with Crippen LogP contribution in [0, 0.1) is 0 Å². The van der Waals surface area contributed by atoms with Gasteiger partial charge in [0.1, 0.15) is 0 Å². The van der Waals surface area contributed by atoms with E-state index < -0.39 is 5.97 Å². The maximum atomic E-state index is 10.4. The fourth-order valence-electron chi connectivity index (χ4n) is 1.38. The van der Waals surface area contributed by atoms with Crippen molar-refractivity contribution in [2.75, 3.05) is 18.5 Å². The smallest absolute Gasteiger partial charge is 0.303 e. The Morgan fingerprint density at radius 2 is 2.12 bits per heavy atom. The average molecular weight is 262 g/mol. The molecule has 1 N–H and O–H groups in total. The molecule has 5 heteroatoms. The van der Waals surface area contributed by atoms with Crippen LogP contribution in [0.1, 0.15) is 12.8 Å². The molecule has 0 amide bonds. The van der Waals surface area contributed by atoms with Crippen molar-refractivity contribution in [3.05, 3.63) is 28.2 Å². The van der Waals surface area contributed by atoms with Crippen molar-refractivity contribution in [3.8, 4) is 0 Å². The van der Waals surface area contributed by atoms with Gasteiger partial charge in [0, 0.05) is 20.0 Å². The molecule has 3 nitrogen and oxygen atoms in total. The summed E-state index contributed by atoms with van der Waals surface area (Å²) < 4.78 is 0. The number of aliphatic carboxylic acids is 1. The summed E-state index contributed by atoms with van der Waals surface area (Å²) in [6.07, 6.45) is 0.733. The summed E-state index contributed by atoms with van der Waals surface area (Å²) in [6.45, 7) is 0.631. The van der Waals surface area contributed by atoms with Gasteiger partial charge in [-0.15, -0.1) is 0 Å². The van der Waals surface area contributed by atoms with Crippen molar-refractivity contribution in [1.29, 1.82) is 0 Å². The number of halogens is 2. The number of anilines is 1. The van der Waals surface area contributed by atoms with E-state index in [4.69, 9.17) is 28.3 Å². The number of hydrogen-bond acceptors (Lipinski definition) is 2. The first-order chi connectivity index (χ1) is 7.52. The Morgan fingerprint density at radius 3 is 2.75 bits per heavy atom. The maximum Gasteiger partial charge on any atom is 0.303 e. The van der Waals surface area contributed by atoms with Gasteiger partial charge in [0.2, 0.25) is 0 Å². The molecule has 0 saturated heterocycles. The summed E-state index contributed by atoms with van der Waals surface area (Å²) in [5.74, 6) is -0.786. The second-order valence-electron chi connectivity index (χ2n) is 3.49. The van der Waals surface area contributed by atoms with Crippen LogP contribution in [0.3, 0.4) is 0 Å². The molecular weight excluding hydrogens is 249 g/mol. The Balaban J connectivity index is 2.62. The van der Waals surface area contributed by atoms with E-state index in [0.717, 1.165) is 5.69 Å². The van der Waals surface area contributed by atoms with Crippen LogP contribution in [-0.4, -0.2) is 24.7 Å². The molecule has 0 aliphatic rings. The van der Waals surface area contributed by atoms with Gasteiger partial charge in [0.05, 0.1) is 15.7 Å². The molecule has 1 rings (SSSR count). The van der Waals surface area contributed by atoms with E-state index in [1.54, 1.807) is 6.07 Å². The van der Waals surface area contributed by atoms with Gasteiger partial charge in [-0.05, 0) is 18.6 Å². The SMILES string of the molecule is CN(CCCC(=O)O)c1cccc(Cl)c1Cl. The fraction of sp³-hybridized carbons (Fsp3) is 0.364. The van der Waals surface area contributed by atoms with E-state index in [1.807, 2.05) is 24.1 Å². The number of rotatable bonds is 5. The molecule has 0 aliphatic heterocycles. The van der Waals surface area contributed by atoms with Gasteiger partial charge >= 0.3 is 5.97 Å². The predicted octanol–water partition coefficient (Wildman–Crippen LogP) is 3.29. The third kappa shape index (κ3) is 3.58. The Morgan fingerprint density at radius 1 is 1.44 bits per heavy atom. The van der Waals surface area contributed by atoms with Crippen molar-refractivity contribution < 1.29 is 9.90 Å². The van der Waals surface area contributed by atoms with Crippen LogP contribution in [0.25, 0.3) is 0 Å². The lowest BCUT2D eigenvalue weighted by Gasteiger charge is -2.20. The molecule has 0 saturated carbocycles. The topological polar surface area (TPSA) is 40.5 Å². The van der Waals surface area contributed by atoms with Crippen LogP contribution in [0.5, 0.6) is 0 Å². The molecule has 0 aromatic heterocycles. The van der Waals surface area contributed by atoms with Crippen LogP contribution in [0.2, 0.25) is 10.0 Å². The van der Waals surface area contributed by atoms with E-state index in [1.165, 1.54) is 0 Å². The summed E-state index contributed by atoms with van der Waals surface area (Å²) in [4.78, 5) is 12.3. The maximum absolute atomic E-state index is 10.4. The van der Waals surface area contributed by atoms with E-state index in [0.29, 0.717) is 23.0 Å². The van der Waals surface area contributed by atoms with E-state index in [2.05, 4.69) is 0 Å². The molecule has 0 radical (unpaired) electrons. The predicted molar refractivity (Wildman–Crippen MR) is 66.6 cm³/mol. The minimum Gasteiger partial charge on any atom is -0.481 e. The van der Waals surface area contributed by atoms with E-state index in [9.17, 15) is 4.79 Å². The quantitative estimate of drug-likeness (QED) is 0.885. The van der Waals surface area contributed by atoms with Gasteiger partial charge < -0.3 is 10.0 Å². The number of hydrogen-bond donors (Lipinski definition) is 1. The number of benzene rings is 1. The lowest BCUT2D eigenvalue weighted by molar-refractivity contribution is -0.137. The van der Waals surface area contributed by atoms with Crippen molar-refractivity contribution in [2.45, 2.75) is 12.8 Å². The fourth-order valence-corrected chi connectivity index (χ4v) is 1.81. The highest BCUT2D eigenvalue weighted by molar-refractivity contribution is 6.43. The standard InChI is InChI=1S/C11H13Cl2NO2/c1-14(7-3-6-10(15)16)9-5-2-4-8(12)11(9)13/h2,4-5H,3,6-7H2,1H3,(H,15,16). The molecule has 88 valence electrons. The van der Waals surface area contributed by atoms with Crippen LogP contribution >= 0.6 is 23.2 Å². The number of carboxylic acids is 1. The van der Waals surface area contributed by atoms with Gasteiger partial charge in [0.15, 0.2) is 0 Å². The molecular formula is C11H13Cl2NO2. The summed E-state index contributed by atoms with van der Waals surface area (Å²) in [5.41, 5.74) is 0.819. The third-order valence-corrected chi connectivity index (χ3v) is 3.04. The summed E-state index contributed by atoms with van der Waals surface area (Å²) in [5, 5.41) is 9.54. The highest BCUT2D eigenvalue weighted by Crippen LogP contribution is 2.31. The minimum absolute atomic E-state index is 0.155. The number of carbonyl (C=O) groups is 1. The molecule has 0 heterocycles. The second-order valence-corrected chi connectivity index (χ2v) is 4.28. The molecule has 16 heavy (non-hydrogen) atoms. The first-order valence-electron chi connectivity index (χ1n) is 4.89. The Hall–Kier alpha value is -0.930. The summed E-state index contributed by atoms with van der Waals surface area (Å²) >= 11 is 11.9. The largest absolute Gasteiger partial charge is 0.481 e. The molecule has 1 aromatic rings. The van der Waals surface area contributed by atoms with Crippen molar-refractivity contribution in [1.82, 2.24) is 0 Å². The second kappa shape index (κ2) is 5.97. The molecule has 0 unspecified atom stereocenters. The Bertz CT molecular complexity index is 382. The zero-order chi connectivity index (χ0) is 12.1. The first-order valence-corrected chi connectivity index (χ1v) is 5.65. The van der Waals surface area contributed by atoms with Crippen molar-refractivity contribution in [3.63, 3.8) is 0 Å². The lowest BCUT2D eigenvalue weighted by Crippen LogP contribution is -2.19. The van der Waals surface area contributed by atoms with Gasteiger partial charge in [-0.1, -0.05) is 29.3 Å². The van der Waals surface area contributed by atoms with E-state index >= 15 is 0 Å². The van der Waals surface area contributed by atoms with Crippen LogP contribution in [0.15, 0.2) is 18.2 Å². The zero-order valence-corrected chi connectivity index (χ0v) is 10.4. The zero-order valence-electron chi connectivity index (χ0n) is 8.91. The van der Waals surface area contributed by atoms with Crippen LogP contribution < -0.4 is 4.90 Å². The van der Waals surface area contributed by atoms with E-state index in [-0.39, 0.29) is 6.42 Å². The molecule has 0 aliphatic carbocycles. The summed E-state index contributed by atoms with van der Waals surface area (Å²) in [6, 6.07) is 5.39. The molecule has 0 fully saturated rings. The molecule has 1 aromatic carbocycles. The van der Waals surface area contributed by atoms with Gasteiger partial charge in [-0.3, -0.25) is 4.79 Å². The van der Waals surface area contributed by atoms with Crippen molar-refractivity contribution in [2.24, 2.45) is 0 Å². The molecule has 0 spiro atoms. The first kappa shape index (κ1) is 13.1. The minimum atomic E-state index is -0.786. The normalized spacial score (nSPS) is 10.2. The van der Waals surface area contributed by atoms with Crippen LogP contribution in [-0.2, 0) is 4.79 Å². The van der Waals surface area contributed by atoms with Crippen LogP contribution in [0.4, 0.5) is 5.69 Å². The Labute approximate surface area is 105 Å². The summed E-state index contributed by atoms with van der Waals surface area (Å²) in [7, 11) is 1.86. The van der Waals surface area contributed by atoms with Crippen molar-refractivity contribution >= 4 is 34.9 Å². The third-order valence-electron chi connectivity index (χ3n) is 2.23. The van der Waals surface area contributed by atoms with Gasteiger partial charge in [-0.25, -0.2) is 0 Å². The monoisotopic (exact) mass is 261 g/mol. The number of carboxylic acid groups (broad SMARTS) is 1. The number of nitrogens with zero attached hydrogens (tertiary/aromatic N) is 1.